The van der Waals surface area contributed by atoms with Crippen molar-refractivity contribution in [2.24, 2.45) is 5.41 Å². The third kappa shape index (κ3) is 3.14. The molecule has 2 aliphatic rings. The number of nitrogens with zero attached hydrogens (tertiary/aromatic N) is 3. The SMILES string of the molecule is CC1(C(=O)N2CCN(Cc3ccc(Br)cn3)CC2)CC1(Cl)Cl. The van der Waals surface area contributed by atoms with E-state index in [1.807, 2.05) is 30.2 Å². The lowest BCUT2D eigenvalue weighted by Gasteiger charge is -2.36. The van der Waals surface area contributed by atoms with Crippen molar-refractivity contribution < 1.29 is 4.79 Å². The zero-order chi connectivity index (χ0) is 16.0. The molecule has 4 nitrogen and oxygen atoms in total. The number of piperazine rings is 1. The number of pyridine rings is 1. The smallest absolute Gasteiger partial charge is 0.231 e. The van der Waals surface area contributed by atoms with Crippen molar-refractivity contribution in [3.8, 4) is 0 Å². The zero-order valence-corrected chi connectivity index (χ0v) is 15.5. The van der Waals surface area contributed by atoms with Gasteiger partial charge in [-0.25, -0.2) is 0 Å². The predicted molar refractivity (Wildman–Crippen MR) is 91.0 cm³/mol. The average Bonchev–Trinajstić information content (AvgIpc) is 3.01. The number of carbonyl (C=O) groups excluding carboxylic acids is 1. The maximum atomic E-state index is 12.5. The molecule has 0 N–H and O–H groups in total. The summed E-state index contributed by atoms with van der Waals surface area (Å²) in [7, 11) is 0. The topological polar surface area (TPSA) is 36.4 Å². The van der Waals surface area contributed by atoms with E-state index in [1.54, 1.807) is 0 Å². The van der Waals surface area contributed by atoms with Crippen LogP contribution in [0.25, 0.3) is 0 Å². The van der Waals surface area contributed by atoms with E-state index in [-0.39, 0.29) is 5.91 Å². The molecule has 0 spiro atoms. The van der Waals surface area contributed by atoms with Gasteiger partial charge < -0.3 is 4.90 Å². The second-order valence-electron chi connectivity index (χ2n) is 6.25. The Bertz CT molecular complexity index is 573. The lowest BCUT2D eigenvalue weighted by molar-refractivity contribution is -0.138. The number of halogens is 3. The van der Waals surface area contributed by atoms with Gasteiger partial charge in [0, 0.05) is 43.4 Å². The van der Waals surface area contributed by atoms with E-state index in [2.05, 4.69) is 25.8 Å². The molecular weight excluding hydrogens is 389 g/mol. The first-order chi connectivity index (χ1) is 10.3. The van der Waals surface area contributed by atoms with Gasteiger partial charge in [-0.3, -0.25) is 14.7 Å². The van der Waals surface area contributed by atoms with Crippen molar-refractivity contribution in [3.05, 3.63) is 28.5 Å². The van der Waals surface area contributed by atoms with E-state index in [0.29, 0.717) is 6.42 Å². The summed E-state index contributed by atoms with van der Waals surface area (Å²) in [6.07, 6.45) is 2.36. The highest BCUT2D eigenvalue weighted by molar-refractivity contribution is 9.10. The van der Waals surface area contributed by atoms with E-state index in [1.165, 1.54) is 0 Å². The van der Waals surface area contributed by atoms with Gasteiger partial charge in [0.1, 0.15) is 4.33 Å². The number of alkyl halides is 2. The summed E-state index contributed by atoms with van der Waals surface area (Å²) in [5, 5.41) is 0. The molecule has 0 radical (unpaired) electrons. The molecule has 1 saturated heterocycles. The Labute approximate surface area is 148 Å². The summed E-state index contributed by atoms with van der Waals surface area (Å²) in [6, 6.07) is 4.01. The van der Waals surface area contributed by atoms with Crippen LogP contribution in [0.4, 0.5) is 0 Å². The molecule has 1 saturated carbocycles. The molecule has 2 fully saturated rings. The molecule has 1 amide bonds. The Morgan fingerprint density at radius 2 is 1.95 bits per heavy atom. The number of amides is 1. The molecule has 2 heterocycles. The fraction of sp³-hybridized carbons (Fsp3) is 0.600. The summed E-state index contributed by atoms with van der Waals surface area (Å²) < 4.78 is 0.0951. The van der Waals surface area contributed by atoms with Gasteiger partial charge >= 0.3 is 0 Å². The van der Waals surface area contributed by atoms with Crippen molar-refractivity contribution >= 4 is 45.0 Å². The van der Waals surface area contributed by atoms with E-state index in [9.17, 15) is 4.79 Å². The first-order valence-corrected chi connectivity index (χ1v) is 8.87. The second kappa shape index (κ2) is 5.93. The molecule has 7 heteroatoms. The highest BCUT2D eigenvalue weighted by atomic mass is 79.9. The minimum Gasteiger partial charge on any atom is -0.340 e. The summed E-state index contributed by atoms with van der Waals surface area (Å²) in [4.78, 5) is 21.1. The Morgan fingerprint density at radius 3 is 2.45 bits per heavy atom. The summed E-state index contributed by atoms with van der Waals surface area (Å²) in [5.74, 6) is 0.0823. The molecule has 0 bridgehead atoms. The lowest BCUT2D eigenvalue weighted by atomic mass is 10.1. The molecule has 1 aromatic heterocycles. The molecule has 3 rings (SSSR count). The van der Waals surface area contributed by atoms with Crippen LogP contribution < -0.4 is 0 Å². The Hall–Kier alpha value is -0.360. The molecule has 1 aromatic rings. The predicted octanol–water partition coefficient (Wildman–Crippen LogP) is 3.07. The van der Waals surface area contributed by atoms with Crippen LogP contribution in [0.2, 0.25) is 0 Å². The number of hydrogen-bond donors (Lipinski definition) is 0. The van der Waals surface area contributed by atoms with Crippen molar-refractivity contribution in [1.82, 2.24) is 14.8 Å². The Kier molecular flexibility index (Phi) is 4.45. The van der Waals surface area contributed by atoms with Gasteiger partial charge in [0.15, 0.2) is 0 Å². The van der Waals surface area contributed by atoms with Gasteiger partial charge in [0.25, 0.3) is 0 Å². The lowest BCUT2D eigenvalue weighted by Crippen LogP contribution is -2.50. The van der Waals surface area contributed by atoms with Crippen LogP contribution in [0.5, 0.6) is 0 Å². The quantitative estimate of drug-likeness (QED) is 0.723. The van der Waals surface area contributed by atoms with Crippen LogP contribution in [0.15, 0.2) is 22.8 Å². The number of aromatic nitrogens is 1. The fourth-order valence-corrected chi connectivity index (χ4v) is 3.75. The summed E-state index contributed by atoms with van der Waals surface area (Å²) >= 11 is 15.6. The molecule has 1 aliphatic heterocycles. The molecule has 0 aromatic carbocycles. The van der Waals surface area contributed by atoms with Crippen LogP contribution in [-0.4, -0.2) is 51.2 Å². The first-order valence-electron chi connectivity index (χ1n) is 7.32. The standard InChI is InChI=1S/C15H18BrCl2N3O/c1-14(10-15(14,17)18)13(22)21-6-4-20(5-7-21)9-12-3-2-11(16)8-19-12/h2-3,8H,4-7,9-10H2,1H3. The molecular formula is C15H18BrCl2N3O. The maximum absolute atomic E-state index is 12.5. The number of rotatable bonds is 3. The minimum absolute atomic E-state index is 0.0823. The van der Waals surface area contributed by atoms with E-state index in [4.69, 9.17) is 23.2 Å². The van der Waals surface area contributed by atoms with Crippen molar-refractivity contribution in [2.45, 2.75) is 24.2 Å². The van der Waals surface area contributed by atoms with E-state index >= 15 is 0 Å². The molecule has 1 atom stereocenters. The minimum atomic E-state index is -0.886. The molecule has 22 heavy (non-hydrogen) atoms. The highest BCUT2D eigenvalue weighted by Gasteiger charge is 2.68. The van der Waals surface area contributed by atoms with Gasteiger partial charge in [0.2, 0.25) is 5.91 Å². The largest absolute Gasteiger partial charge is 0.340 e. The van der Waals surface area contributed by atoms with Crippen LogP contribution in [0.3, 0.4) is 0 Å². The normalized spacial score (nSPS) is 27.7. The van der Waals surface area contributed by atoms with Crippen LogP contribution in [0, 0.1) is 5.41 Å². The Balaban J connectivity index is 1.52. The average molecular weight is 407 g/mol. The zero-order valence-electron chi connectivity index (χ0n) is 12.4. The third-order valence-electron chi connectivity index (χ3n) is 4.56. The third-order valence-corrected chi connectivity index (χ3v) is 6.13. The first kappa shape index (κ1) is 16.5. The van der Waals surface area contributed by atoms with Crippen molar-refractivity contribution in [1.29, 1.82) is 0 Å². The van der Waals surface area contributed by atoms with Crippen LogP contribution in [-0.2, 0) is 11.3 Å². The number of carbonyl (C=O) groups is 1. The molecule has 1 aliphatic carbocycles. The van der Waals surface area contributed by atoms with E-state index in [0.717, 1.165) is 42.9 Å². The number of hydrogen-bond acceptors (Lipinski definition) is 3. The van der Waals surface area contributed by atoms with E-state index < -0.39 is 9.75 Å². The highest BCUT2D eigenvalue weighted by Crippen LogP contribution is 2.64. The summed E-state index contributed by atoms with van der Waals surface area (Å²) in [5.41, 5.74) is 0.434. The Morgan fingerprint density at radius 1 is 1.32 bits per heavy atom. The summed E-state index contributed by atoms with van der Waals surface area (Å²) in [6.45, 7) is 5.78. The molecule has 120 valence electrons. The van der Waals surface area contributed by atoms with Crippen LogP contribution >= 0.6 is 39.1 Å². The van der Waals surface area contributed by atoms with Gasteiger partial charge in [-0.1, -0.05) is 0 Å². The van der Waals surface area contributed by atoms with Crippen molar-refractivity contribution in [2.75, 3.05) is 26.2 Å². The van der Waals surface area contributed by atoms with Crippen LogP contribution in [0.1, 0.15) is 19.0 Å². The van der Waals surface area contributed by atoms with Gasteiger partial charge in [0.05, 0.1) is 11.1 Å². The molecule has 1 unspecified atom stereocenters. The monoisotopic (exact) mass is 405 g/mol. The van der Waals surface area contributed by atoms with Gasteiger partial charge in [-0.2, -0.15) is 0 Å². The maximum Gasteiger partial charge on any atom is 0.231 e. The van der Waals surface area contributed by atoms with Crippen molar-refractivity contribution in [3.63, 3.8) is 0 Å². The van der Waals surface area contributed by atoms with Gasteiger partial charge in [-0.05, 0) is 41.4 Å². The second-order valence-corrected chi connectivity index (χ2v) is 8.65. The fourth-order valence-electron chi connectivity index (χ4n) is 2.82. The van der Waals surface area contributed by atoms with Gasteiger partial charge in [-0.15, -0.1) is 23.2 Å².